The van der Waals surface area contributed by atoms with Gasteiger partial charge in [0.25, 0.3) is 0 Å². The Balaban J connectivity index is 1.99. The summed E-state index contributed by atoms with van der Waals surface area (Å²) in [6, 6.07) is 2.35. The third-order valence-corrected chi connectivity index (χ3v) is 2.70. The van der Waals surface area contributed by atoms with E-state index < -0.39 is 0 Å². The Morgan fingerprint density at radius 1 is 1.71 bits per heavy atom. The smallest absolute Gasteiger partial charge is 0.150 e. The van der Waals surface area contributed by atoms with Gasteiger partial charge in [0.2, 0.25) is 0 Å². The fourth-order valence-electron chi connectivity index (χ4n) is 1.51. The lowest BCUT2D eigenvalue weighted by Crippen LogP contribution is -2.14. The molecule has 0 atom stereocenters. The molecule has 4 nitrogen and oxygen atoms in total. The molecule has 0 aromatic carbocycles. The van der Waals surface area contributed by atoms with Crippen LogP contribution in [-0.4, -0.2) is 16.3 Å². The van der Waals surface area contributed by atoms with Crippen molar-refractivity contribution < 1.29 is 0 Å². The topological polar surface area (TPSA) is 53.6 Å². The van der Waals surface area contributed by atoms with Gasteiger partial charge in [-0.05, 0) is 19.8 Å². The van der Waals surface area contributed by atoms with E-state index >= 15 is 0 Å². The average molecular weight is 190 g/mol. The molecule has 1 fully saturated rings. The van der Waals surface area contributed by atoms with E-state index in [0.29, 0.717) is 0 Å². The van der Waals surface area contributed by atoms with E-state index in [9.17, 15) is 0 Å². The van der Waals surface area contributed by atoms with E-state index in [2.05, 4.69) is 16.5 Å². The predicted octanol–water partition coefficient (Wildman–Crippen LogP) is 1.44. The van der Waals surface area contributed by atoms with Gasteiger partial charge in [0, 0.05) is 25.4 Å². The van der Waals surface area contributed by atoms with Gasteiger partial charge in [-0.25, -0.2) is 0 Å². The van der Waals surface area contributed by atoms with Crippen LogP contribution >= 0.6 is 0 Å². The number of rotatable bonds is 3. The maximum atomic E-state index is 8.89. The second-order valence-corrected chi connectivity index (χ2v) is 4.08. The molecule has 0 radical (unpaired) electrons. The Kier molecular flexibility index (Phi) is 1.95. The van der Waals surface area contributed by atoms with Crippen LogP contribution in [0.4, 0.5) is 5.82 Å². The third kappa shape index (κ3) is 1.58. The molecule has 4 heteroatoms. The highest BCUT2D eigenvalue weighted by atomic mass is 15.3. The van der Waals surface area contributed by atoms with Crippen molar-refractivity contribution in [1.29, 1.82) is 5.26 Å². The lowest BCUT2D eigenvalue weighted by Gasteiger charge is -2.07. The van der Waals surface area contributed by atoms with Crippen molar-refractivity contribution in [2.45, 2.75) is 19.8 Å². The zero-order valence-electron chi connectivity index (χ0n) is 8.54. The monoisotopic (exact) mass is 190 g/mol. The van der Waals surface area contributed by atoms with Gasteiger partial charge in [0.1, 0.15) is 0 Å². The quantitative estimate of drug-likeness (QED) is 0.784. The fraction of sp³-hybridized carbons (Fsp3) is 0.600. The summed E-state index contributed by atoms with van der Waals surface area (Å²) in [4.78, 5) is 0. The van der Waals surface area contributed by atoms with Crippen LogP contribution in [-0.2, 0) is 7.05 Å². The maximum Gasteiger partial charge on any atom is 0.150 e. The van der Waals surface area contributed by atoms with Crippen LogP contribution in [0, 0.1) is 23.7 Å². The van der Waals surface area contributed by atoms with Crippen molar-refractivity contribution in [3.8, 4) is 6.07 Å². The summed E-state index contributed by atoms with van der Waals surface area (Å²) >= 11 is 0. The highest BCUT2D eigenvalue weighted by Gasteiger charge is 2.43. The lowest BCUT2D eigenvalue weighted by molar-refractivity contribution is 0.702. The summed E-state index contributed by atoms with van der Waals surface area (Å²) in [7, 11) is 1.90. The minimum absolute atomic E-state index is 0.107. The van der Waals surface area contributed by atoms with Crippen molar-refractivity contribution in [3.63, 3.8) is 0 Å². The minimum Gasteiger partial charge on any atom is -0.367 e. The summed E-state index contributed by atoms with van der Waals surface area (Å²) in [5.41, 5.74) is 1.02. The SMILES string of the molecule is Cc1cn(C)nc1NCC1(C#N)CC1. The normalized spacial score (nSPS) is 17.5. The number of hydrogen-bond donors (Lipinski definition) is 1. The molecule has 1 saturated carbocycles. The van der Waals surface area contributed by atoms with Crippen molar-refractivity contribution in [1.82, 2.24) is 9.78 Å². The molecule has 1 heterocycles. The third-order valence-electron chi connectivity index (χ3n) is 2.70. The van der Waals surface area contributed by atoms with Gasteiger partial charge >= 0.3 is 0 Å². The summed E-state index contributed by atoms with van der Waals surface area (Å²) < 4.78 is 1.78. The van der Waals surface area contributed by atoms with Gasteiger partial charge in [-0.1, -0.05) is 0 Å². The molecule has 14 heavy (non-hydrogen) atoms. The van der Waals surface area contributed by atoms with Crippen LogP contribution < -0.4 is 5.32 Å². The zero-order chi connectivity index (χ0) is 10.2. The molecule has 2 rings (SSSR count). The second-order valence-electron chi connectivity index (χ2n) is 4.08. The van der Waals surface area contributed by atoms with E-state index in [1.165, 1.54) is 0 Å². The molecule has 1 aliphatic carbocycles. The maximum absolute atomic E-state index is 8.89. The Hall–Kier alpha value is -1.50. The number of hydrogen-bond acceptors (Lipinski definition) is 3. The van der Waals surface area contributed by atoms with Crippen molar-refractivity contribution >= 4 is 5.82 Å². The molecular formula is C10H14N4. The van der Waals surface area contributed by atoms with E-state index in [0.717, 1.165) is 30.8 Å². The van der Waals surface area contributed by atoms with Crippen LogP contribution in [0.5, 0.6) is 0 Å². The van der Waals surface area contributed by atoms with Crippen LogP contribution in [0.15, 0.2) is 6.20 Å². The average Bonchev–Trinajstić information content (AvgIpc) is 2.86. The molecular weight excluding hydrogens is 176 g/mol. The summed E-state index contributed by atoms with van der Waals surface area (Å²) in [5.74, 6) is 0.897. The lowest BCUT2D eigenvalue weighted by atomic mass is 10.1. The molecule has 0 unspecified atom stereocenters. The van der Waals surface area contributed by atoms with E-state index in [1.807, 2.05) is 20.2 Å². The van der Waals surface area contributed by atoms with E-state index in [4.69, 9.17) is 5.26 Å². The fourth-order valence-corrected chi connectivity index (χ4v) is 1.51. The standard InChI is InChI=1S/C10H14N4/c1-8-5-14(2)13-9(8)12-7-10(6-11)3-4-10/h5H,3-4,7H2,1-2H3,(H,12,13). The molecule has 1 N–H and O–H groups in total. The highest BCUT2D eigenvalue weighted by Crippen LogP contribution is 2.44. The van der Waals surface area contributed by atoms with E-state index in [1.54, 1.807) is 4.68 Å². The van der Waals surface area contributed by atoms with Crippen molar-refractivity contribution in [2.75, 3.05) is 11.9 Å². The largest absolute Gasteiger partial charge is 0.367 e. The van der Waals surface area contributed by atoms with Gasteiger partial charge in [0.05, 0.1) is 11.5 Å². The molecule has 0 bridgehead atoms. The van der Waals surface area contributed by atoms with Gasteiger partial charge < -0.3 is 5.32 Å². The minimum atomic E-state index is -0.107. The van der Waals surface area contributed by atoms with Crippen LogP contribution in [0.25, 0.3) is 0 Å². The van der Waals surface area contributed by atoms with Gasteiger partial charge in [-0.2, -0.15) is 10.4 Å². The summed E-state index contributed by atoms with van der Waals surface area (Å²) in [6.45, 7) is 2.74. The number of nitrogens with one attached hydrogen (secondary N) is 1. The van der Waals surface area contributed by atoms with Crippen LogP contribution in [0.2, 0.25) is 0 Å². The Bertz CT molecular complexity index is 381. The Labute approximate surface area is 83.5 Å². The molecule has 74 valence electrons. The van der Waals surface area contributed by atoms with E-state index in [-0.39, 0.29) is 5.41 Å². The van der Waals surface area contributed by atoms with Crippen LogP contribution in [0.3, 0.4) is 0 Å². The number of aromatic nitrogens is 2. The number of aryl methyl sites for hydroxylation is 2. The molecule has 0 spiro atoms. The van der Waals surface area contributed by atoms with Gasteiger partial charge in [0.15, 0.2) is 5.82 Å². The molecule has 1 aliphatic rings. The number of nitrogens with zero attached hydrogens (tertiary/aromatic N) is 3. The molecule has 1 aromatic heterocycles. The number of nitriles is 1. The zero-order valence-corrected chi connectivity index (χ0v) is 8.54. The second kappa shape index (κ2) is 3.02. The van der Waals surface area contributed by atoms with Crippen molar-refractivity contribution in [3.05, 3.63) is 11.8 Å². The molecule has 0 saturated heterocycles. The first-order chi connectivity index (χ1) is 6.65. The molecule has 1 aromatic rings. The highest BCUT2D eigenvalue weighted by molar-refractivity contribution is 5.42. The molecule has 0 aliphatic heterocycles. The van der Waals surface area contributed by atoms with Gasteiger partial charge in [-0.3, -0.25) is 4.68 Å². The molecule has 0 amide bonds. The number of anilines is 1. The summed E-state index contributed by atoms with van der Waals surface area (Å²) in [6.07, 6.45) is 4.00. The summed E-state index contributed by atoms with van der Waals surface area (Å²) in [5, 5.41) is 16.4. The van der Waals surface area contributed by atoms with Crippen LogP contribution in [0.1, 0.15) is 18.4 Å². The first-order valence-electron chi connectivity index (χ1n) is 4.81. The Morgan fingerprint density at radius 3 is 2.86 bits per heavy atom. The first-order valence-corrected chi connectivity index (χ1v) is 4.81. The van der Waals surface area contributed by atoms with Crippen molar-refractivity contribution in [2.24, 2.45) is 12.5 Å². The first kappa shape index (κ1) is 9.07. The predicted molar refractivity (Wildman–Crippen MR) is 53.7 cm³/mol. The van der Waals surface area contributed by atoms with Gasteiger partial charge in [-0.15, -0.1) is 0 Å². The Morgan fingerprint density at radius 2 is 2.43 bits per heavy atom.